The van der Waals surface area contributed by atoms with E-state index >= 15 is 0 Å². The van der Waals surface area contributed by atoms with E-state index < -0.39 is 30.4 Å². The van der Waals surface area contributed by atoms with Crippen molar-refractivity contribution in [2.24, 2.45) is 0 Å². The van der Waals surface area contributed by atoms with Crippen LogP contribution in [-0.4, -0.2) is 30.4 Å². The van der Waals surface area contributed by atoms with Crippen molar-refractivity contribution >= 4 is 87.6 Å². The van der Waals surface area contributed by atoms with Gasteiger partial charge < -0.3 is 10.1 Å². The predicted octanol–water partition coefficient (Wildman–Crippen LogP) is 5.98. The molecule has 0 spiro atoms. The lowest BCUT2D eigenvalue weighted by Gasteiger charge is -2.26. The molecule has 37 heavy (non-hydrogen) atoms. The standard InChI is InChI=1S/C25H15Cl4N3O5/c26-14-1-5-17(6-2-14)32-24(35)18(23(34)31-25(32)36)10-13-9-15(27)3-8-21(13)37-12-22(33)30-16-4-7-19(28)20(29)11-16/h1-11H,12H2,(H,30,33)(H,31,34,36)/b18-10-. The van der Waals surface area contributed by atoms with Crippen LogP contribution in [-0.2, 0) is 14.4 Å². The van der Waals surface area contributed by atoms with Gasteiger partial charge in [0.25, 0.3) is 17.7 Å². The Morgan fingerprint density at radius 3 is 2.30 bits per heavy atom. The minimum absolute atomic E-state index is 0.164. The summed E-state index contributed by atoms with van der Waals surface area (Å²) in [6.07, 6.45) is 1.23. The van der Waals surface area contributed by atoms with Gasteiger partial charge in [0.05, 0.1) is 15.7 Å². The average Bonchev–Trinajstić information content (AvgIpc) is 2.84. The fourth-order valence-corrected chi connectivity index (χ4v) is 3.92. The Bertz CT molecular complexity index is 1460. The van der Waals surface area contributed by atoms with Gasteiger partial charge in [-0.3, -0.25) is 19.7 Å². The van der Waals surface area contributed by atoms with E-state index in [0.717, 1.165) is 4.90 Å². The van der Waals surface area contributed by atoms with Crippen molar-refractivity contribution in [2.45, 2.75) is 0 Å². The lowest BCUT2D eigenvalue weighted by Crippen LogP contribution is -2.54. The molecule has 1 aliphatic rings. The zero-order valence-corrected chi connectivity index (χ0v) is 21.6. The van der Waals surface area contributed by atoms with Gasteiger partial charge in [0.15, 0.2) is 6.61 Å². The molecule has 0 aromatic heterocycles. The third-order valence-corrected chi connectivity index (χ3v) is 6.25. The zero-order chi connectivity index (χ0) is 26.7. The third-order valence-electron chi connectivity index (χ3n) is 5.02. The van der Waals surface area contributed by atoms with Gasteiger partial charge in [0.2, 0.25) is 0 Å². The minimum Gasteiger partial charge on any atom is -0.483 e. The molecule has 0 saturated carbocycles. The lowest BCUT2D eigenvalue weighted by atomic mass is 10.1. The van der Waals surface area contributed by atoms with Crippen molar-refractivity contribution in [3.8, 4) is 5.75 Å². The minimum atomic E-state index is -0.906. The topological polar surface area (TPSA) is 105 Å². The normalized spacial score (nSPS) is 14.5. The summed E-state index contributed by atoms with van der Waals surface area (Å²) < 4.78 is 5.63. The van der Waals surface area contributed by atoms with E-state index in [2.05, 4.69) is 10.6 Å². The van der Waals surface area contributed by atoms with Gasteiger partial charge in [0, 0.05) is 21.3 Å². The maximum Gasteiger partial charge on any atom is 0.335 e. The fourth-order valence-electron chi connectivity index (χ4n) is 3.32. The van der Waals surface area contributed by atoms with E-state index in [-0.39, 0.29) is 32.6 Å². The second kappa shape index (κ2) is 11.2. The maximum absolute atomic E-state index is 13.1. The van der Waals surface area contributed by atoms with Crippen LogP contribution in [0.1, 0.15) is 5.56 Å². The summed E-state index contributed by atoms with van der Waals surface area (Å²) in [7, 11) is 0. The zero-order valence-electron chi connectivity index (χ0n) is 18.6. The van der Waals surface area contributed by atoms with Gasteiger partial charge in [-0.15, -0.1) is 0 Å². The van der Waals surface area contributed by atoms with Crippen LogP contribution in [0.4, 0.5) is 16.2 Å². The Balaban J connectivity index is 1.57. The number of nitrogens with zero attached hydrogens (tertiary/aromatic N) is 1. The molecule has 1 aliphatic heterocycles. The number of benzene rings is 3. The summed E-state index contributed by atoms with van der Waals surface area (Å²) in [6.45, 7) is -0.409. The van der Waals surface area contributed by atoms with Crippen molar-refractivity contribution in [3.05, 3.63) is 91.9 Å². The number of ether oxygens (including phenoxy) is 1. The number of nitrogens with one attached hydrogen (secondary N) is 2. The first kappa shape index (κ1) is 26.5. The fraction of sp³-hybridized carbons (Fsp3) is 0.0400. The molecule has 4 rings (SSSR count). The Morgan fingerprint density at radius 1 is 0.892 bits per heavy atom. The number of anilines is 2. The largest absolute Gasteiger partial charge is 0.483 e. The number of urea groups is 1. The molecule has 0 aliphatic carbocycles. The molecule has 1 saturated heterocycles. The maximum atomic E-state index is 13.1. The van der Waals surface area contributed by atoms with Crippen LogP contribution in [0.25, 0.3) is 6.08 Å². The number of imide groups is 2. The molecule has 0 atom stereocenters. The quantitative estimate of drug-likeness (QED) is 0.276. The SMILES string of the molecule is O=C(COc1ccc(Cl)cc1/C=C1/C(=O)NC(=O)N(c2ccc(Cl)cc2)C1=O)Nc1ccc(Cl)c(Cl)c1. The molecule has 0 unspecified atom stereocenters. The van der Waals surface area contributed by atoms with E-state index in [1.807, 2.05) is 0 Å². The molecule has 2 N–H and O–H groups in total. The van der Waals surface area contributed by atoms with Crippen LogP contribution < -0.4 is 20.3 Å². The molecule has 8 nitrogen and oxygen atoms in total. The Hall–Kier alpha value is -3.56. The molecule has 1 heterocycles. The predicted molar refractivity (Wildman–Crippen MR) is 142 cm³/mol. The highest BCUT2D eigenvalue weighted by Gasteiger charge is 2.37. The number of amides is 5. The third kappa shape index (κ3) is 6.23. The monoisotopic (exact) mass is 577 g/mol. The average molecular weight is 579 g/mol. The summed E-state index contributed by atoms with van der Waals surface area (Å²) in [4.78, 5) is 51.3. The van der Waals surface area contributed by atoms with E-state index in [0.29, 0.717) is 15.7 Å². The second-order valence-electron chi connectivity index (χ2n) is 7.58. The van der Waals surface area contributed by atoms with Gasteiger partial charge in [-0.05, 0) is 66.7 Å². The van der Waals surface area contributed by atoms with Gasteiger partial charge in [-0.1, -0.05) is 46.4 Å². The van der Waals surface area contributed by atoms with Crippen LogP contribution in [0.2, 0.25) is 20.1 Å². The first-order valence-electron chi connectivity index (χ1n) is 10.5. The highest BCUT2D eigenvalue weighted by Crippen LogP contribution is 2.29. The van der Waals surface area contributed by atoms with Crippen LogP contribution in [0.3, 0.4) is 0 Å². The molecule has 3 aromatic rings. The number of hydrogen-bond donors (Lipinski definition) is 2. The van der Waals surface area contributed by atoms with Crippen LogP contribution >= 0.6 is 46.4 Å². The second-order valence-corrected chi connectivity index (χ2v) is 9.27. The molecular formula is C25H15Cl4N3O5. The van der Waals surface area contributed by atoms with Crippen molar-refractivity contribution in [2.75, 3.05) is 16.8 Å². The van der Waals surface area contributed by atoms with Gasteiger partial charge in [0.1, 0.15) is 11.3 Å². The summed E-state index contributed by atoms with van der Waals surface area (Å²) >= 11 is 23.9. The number of carbonyl (C=O) groups is 4. The van der Waals surface area contributed by atoms with E-state index in [4.69, 9.17) is 51.1 Å². The van der Waals surface area contributed by atoms with Crippen LogP contribution in [0.5, 0.6) is 5.75 Å². The summed E-state index contributed by atoms with van der Waals surface area (Å²) in [5, 5.41) is 6.05. The molecule has 3 aromatic carbocycles. The van der Waals surface area contributed by atoms with Gasteiger partial charge in [-0.25, -0.2) is 9.69 Å². The number of carbonyl (C=O) groups excluding carboxylic acids is 4. The first-order valence-corrected chi connectivity index (χ1v) is 12.0. The number of hydrogen-bond acceptors (Lipinski definition) is 5. The van der Waals surface area contributed by atoms with Crippen molar-refractivity contribution in [1.82, 2.24) is 5.32 Å². The van der Waals surface area contributed by atoms with Crippen molar-refractivity contribution < 1.29 is 23.9 Å². The smallest absolute Gasteiger partial charge is 0.335 e. The van der Waals surface area contributed by atoms with Crippen LogP contribution in [0, 0.1) is 0 Å². The van der Waals surface area contributed by atoms with E-state index in [9.17, 15) is 19.2 Å². The molecule has 1 fully saturated rings. The molecule has 188 valence electrons. The molecule has 0 bridgehead atoms. The Kier molecular flexibility index (Phi) is 8.04. The number of barbiturate groups is 1. The molecule has 12 heteroatoms. The Morgan fingerprint density at radius 2 is 1.59 bits per heavy atom. The van der Waals surface area contributed by atoms with E-state index in [1.165, 1.54) is 60.7 Å². The van der Waals surface area contributed by atoms with Gasteiger partial charge in [-0.2, -0.15) is 0 Å². The highest BCUT2D eigenvalue weighted by atomic mass is 35.5. The lowest BCUT2D eigenvalue weighted by molar-refractivity contribution is -0.122. The molecular weight excluding hydrogens is 564 g/mol. The summed E-state index contributed by atoms with van der Waals surface area (Å²) in [5.41, 5.74) is 0.519. The van der Waals surface area contributed by atoms with E-state index in [1.54, 1.807) is 6.07 Å². The first-order chi connectivity index (χ1) is 17.6. The summed E-state index contributed by atoms with van der Waals surface area (Å²) in [5.74, 6) is -2.10. The van der Waals surface area contributed by atoms with Crippen LogP contribution in [0.15, 0.2) is 66.2 Å². The van der Waals surface area contributed by atoms with Crippen molar-refractivity contribution in [3.63, 3.8) is 0 Å². The number of halogens is 4. The highest BCUT2D eigenvalue weighted by molar-refractivity contribution is 6.42. The summed E-state index contributed by atoms with van der Waals surface area (Å²) in [6, 6.07) is 14.1. The molecule has 0 radical (unpaired) electrons. The number of rotatable bonds is 6. The molecule has 5 amide bonds. The van der Waals surface area contributed by atoms with Gasteiger partial charge >= 0.3 is 6.03 Å². The van der Waals surface area contributed by atoms with Crippen molar-refractivity contribution in [1.29, 1.82) is 0 Å². The Labute approximate surface area is 230 Å².